The number of nitrogens with one attached hydrogen (secondary N) is 1. The number of nitrogens with zero attached hydrogens (tertiary/aromatic N) is 2. The van der Waals surface area contributed by atoms with E-state index in [0.29, 0.717) is 24.3 Å². The van der Waals surface area contributed by atoms with Gasteiger partial charge in [0.25, 0.3) is 5.91 Å². The monoisotopic (exact) mass is 469 g/mol. The number of carbonyl (C=O) groups is 2. The van der Waals surface area contributed by atoms with Crippen molar-refractivity contribution in [3.63, 3.8) is 0 Å². The second-order valence-electron chi connectivity index (χ2n) is 9.81. The quantitative estimate of drug-likeness (QED) is 0.666. The van der Waals surface area contributed by atoms with Crippen LogP contribution in [0.25, 0.3) is 0 Å². The Labute approximate surface area is 200 Å². The summed E-state index contributed by atoms with van der Waals surface area (Å²) in [5, 5.41) is 2.74. The summed E-state index contributed by atoms with van der Waals surface area (Å²) in [5.74, 6) is -0.942. The van der Waals surface area contributed by atoms with E-state index in [1.165, 1.54) is 24.3 Å². The minimum atomic E-state index is -0.485. The standard InChI is InChI=1S/C27H33F2N3O2/c1-17-10-21(12-23(28)11-17)26(33)30-25-14-24(29)13-22(19(25)3)16-31-8-9-32(18(2)15-31)27(34)20-6-4-5-7-20/h10-14,18,20H,4-9,15-16H2,1-3H3,(H,30,33)/t18-/m0/s1. The summed E-state index contributed by atoms with van der Waals surface area (Å²) in [6.07, 6.45) is 4.28. The Morgan fingerprint density at radius 3 is 2.38 bits per heavy atom. The largest absolute Gasteiger partial charge is 0.337 e. The molecule has 2 aliphatic rings. The van der Waals surface area contributed by atoms with E-state index in [4.69, 9.17) is 0 Å². The predicted molar refractivity (Wildman–Crippen MR) is 129 cm³/mol. The van der Waals surface area contributed by atoms with Gasteiger partial charge in [0.1, 0.15) is 11.6 Å². The minimum absolute atomic E-state index is 0.103. The lowest BCUT2D eigenvalue weighted by molar-refractivity contribution is -0.140. The summed E-state index contributed by atoms with van der Waals surface area (Å²) in [4.78, 5) is 29.8. The maximum absolute atomic E-state index is 14.5. The number of piperazine rings is 1. The first-order valence-electron chi connectivity index (χ1n) is 12.1. The molecular formula is C27H33F2N3O2. The molecular weight excluding hydrogens is 436 g/mol. The zero-order valence-corrected chi connectivity index (χ0v) is 20.2. The molecule has 34 heavy (non-hydrogen) atoms. The molecule has 4 rings (SSSR count). The van der Waals surface area contributed by atoms with Crippen molar-refractivity contribution in [1.82, 2.24) is 9.80 Å². The molecule has 0 radical (unpaired) electrons. The van der Waals surface area contributed by atoms with Gasteiger partial charge in [-0.25, -0.2) is 8.78 Å². The third kappa shape index (κ3) is 5.46. The van der Waals surface area contributed by atoms with E-state index in [2.05, 4.69) is 17.1 Å². The lowest BCUT2D eigenvalue weighted by Gasteiger charge is -2.41. The average Bonchev–Trinajstić information content (AvgIpc) is 3.31. The molecule has 1 atom stereocenters. The number of anilines is 1. The van der Waals surface area contributed by atoms with Crippen molar-refractivity contribution in [1.29, 1.82) is 0 Å². The Balaban J connectivity index is 1.44. The summed E-state index contributed by atoms with van der Waals surface area (Å²) in [6.45, 7) is 8.29. The second kappa shape index (κ2) is 10.2. The Hall–Kier alpha value is -2.80. The molecule has 0 unspecified atom stereocenters. The highest BCUT2D eigenvalue weighted by molar-refractivity contribution is 6.04. The molecule has 2 fully saturated rings. The van der Waals surface area contributed by atoms with Crippen molar-refractivity contribution in [2.75, 3.05) is 25.0 Å². The third-order valence-electron chi connectivity index (χ3n) is 7.13. The van der Waals surface area contributed by atoms with Gasteiger partial charge in [-0.2, -0.15) is 0 Å². The van der Waals surface area contributed by atoms with Crippen LogP contribution in [-0.4, -0.2) is 47.3 Å². The average molecular weight is 470 g/mol. The van der Waals surface area contributed by atoms with E-state index in [1.54, 1.807) is 13.0 Å². The summed E-state index contributed by atoms with van der Waals surface area (Å²) in [5.41, 5.74) is 2.78. The lowest BCUT2D eigenvalue weighted by Crippen LogP contribution is -2.54. The van der Waals surface area contributed by atoms with Gasteiger partial charge < -0.3 is 10.2 Å². The highest BCUT2D eigenvalue weighted by Gasteiger charge is 2.33. The number of rotatable bonds is 5. The number of hydrogen-bond donors (Lipinski definition) is 1. The molecule has 0 aromatic heterocycles. The number of aryl methyl sites for hydroxylation is 1. The topological polar surface area (TPSA) is 52.7 Å². The van der Waals surface area contributed by atoms with Gasteiger partial charge in [-0.1, -0.05) is 12.8 Å². The molecule has 1 saturated heterocycles. The number of benzene rings is 2. The van der Waals surface area contributed by atoms with Gasteiger partial charge in [-0.15, -0.1) is 0 Å². The molecule has 1 aliphatic carbocycles. The van der Waals surface area contributed by atoms with Crippen molar-refractivity contribution in [3.8, 4) is 0 Å². The van der Waals surface area contributed by atoms with Crippen LogP contribution < -0.4 is 5.32 Å². The van der Waals surface area contributed by atoms with E-state index >= 15 is 0 Å². The fourth-order valence-corrected chi connectivity index (χ4v) is 5.24. The first kappa shape index (κ1) is 24.3. The van der Waals surface area contributed by atoms with Gasteiger partial charge >= 0.3 is 0 Å². The van der Waals surface area contributed by atoms with Crippen LogP contribution in [0.3, 0.4) is 0 Å². The Kier molecular flexibility index (Phi) is 7.31. The van der Waals surface area contributed by atoms with Crippen LogP contribution in [0.1, 0.15) is 59.7 Å². The van der Waals surface area contributed by atoms with Crippen LogP contribution in [0.2, 0.25) is 0 Å². The van der Waals surface area contributed by atoms with Crippen molar-refractivity contribution in [3.05, 3.63) is 64.2 Å². The molecule has 7 heteroatoms. The fraction of sp³-hybridized carbons (Fsp3) is 0.481. The Morgan fingerprint density at radius 2 is 1.71 bits per heavy atom. The van der Waals surface area contributed by atoms with E-state index in [9.17, 15) is 18.4 Å². The van der Waals surface area contributed by atoms with Gasteiger partial charge in [0.2, 0.25) is 5.91 Å². The highest BCUT2D eigenvalue weighted by Crippen LogP contribution is 2.29. The Bertz CT molecular complexity index is 1060. The summed E-state index contributed by atoms with van der Waals surface area (Å²) < 4.78 is 28.2. The van der Waals surface area contributed by atoms with E-state index in [-0.39, 0.29) is 23.4 Å². The van der Waals surface area contributed by atoms with Gasteiger partial charge in [0.05, 0.1) is 0 Å². The Morgan fingerprint density at radius 1 is 1.00 bits per heavy atom. The SMILES string of the molecule is Cc1cc(F)cc(C(=O)Nc2cc(F)cc(CN3CCN(C(=O)C4CCCC4)[C@@H](C)C3)c2C)c1. The molecule has 1 saturated carbocycles. The maximum Gasteiger partial charge on any atom is 0.255 e. The van der Waals surface area contributed by atoms with Gasteiger partial charge in [-0.05, 0) is 80.6 Å². The van der Waals surface area contributed by atoms with E-state index in [1.807, 2.05) is 11.8 Å². The van der Waals surface area contributed by atoms with Crippen LogP contribution in [0.5, 0.6) is 0 Å². The summed E-state index contributed by atoms with van der Waals surface area (Å²) in [7, 11) is 0. The molecule has 0 bridgehead atoms. The normalized spacial score (nSPS) is 19.4. The minimum Gasteiger partial charge on any atom is -0.337 e. The lowest BCUT2D eigenvalue weighted by atomic mass is 10.0. The van der Waals surface area contributed by atoms with Gasteiger partial charge in [0, 0.05) is 49.4 Å². The van der Waals surface area contributed by atoms with Crippen LogP contribution in [0.15, 0.2) is 30.3 Å². The third-order valence-corrected chi connectivity index (χ3v) is 7.13. The number of hydrogen-bond acceptors (Lipinski definition) is 3. The number of carbonyl (C=O) groups excluding carboxylic acids is 2. The molecule has 182 valence electrons. The second-order valence-corrected chi connectivity index (χ2v) is 9.81. The molecule has 1 N–H and O–H groups in total. The van der Waals surface area contributed by atoms with Crippen LogP contribution in [0, 0.1) is 31.4 Å². The van der Waals surface area contributed by atoms with Gasteiger partial charge in [-0.3, -0.25) is 14.5 Å². The first-order chi connectivity index (χ1) is 16.2. The highest BCUT2D eigenvalue weighted by atomic mass is 19.1. The summed E-state index contributed by atoms with van der Waals surface area (Å²) >= 11 is 0. The van der Waals surface area contributed by atoms with Crippen LogP contribution in [0.4, 0.5) is 14.5 Å². The molecule has 5 nitrogen and oxygen atoms in total. The molecule has 2 amide bonds. The van der Waals surface area contributed by atoms with Crippen molar-refractivity contribution < 1.29 is 18.4 Å². The molecule has 1 heterocycles. The molecule has 2 aromatic carbocycles. The molecule has 2 aromatic rings. The fourth-order valence-electron chi connectivity index (χ4n) is 5.24. The number of amides is 2. The zero-order valence-electron chi connectivity index (χ0n) is 20.2. The zero-order chi connectivity index (χ0) is 24.4. The summed E-state index contributed by atoms with van der Waals surface area (Å²) in [6, 6.07) is 7.02. The van der Waals surface area contributed by atoms with Crippen molar-refractivity contribution >= 4 is 17.5 Å². The first-order valence-corrected chi connectivity index (χ1v) is 12.1. The predicted octanol–water partition coefficient (Wildman–Crippen LogP) is 5.06. The van der Waals surface area contributed by atoms with Crippen molar-refractivity contribution in [2.24, 2.45) is 5.92 Å². The van der Waals surface area contributed by atoms with Crippen LogP contribution >= 0.6 is 0 Å². The smallest absolute Gasteiger partial charge is 0.255 e. The molecule has 1 aliphatic heterocycles. The van der Waals surface area contributed by atoms with Gasteiger partial charge in [0.15, 0.2) is 0 Å². The van der Waals surface area contributed by atoms with E-state index < -0.39 is 17.5 Å². The van der Waals surface area contributed by atoms with E-state index in [0.717, 1.165) is 49.9 Å². The molecule has 0 spiro atoms. The van der Waals surface area contributed by atoms with Crippen LogP contribution in [-0.2, 0) is 11.3 Å². The maximum atomic E-state index is 14.5. The number of halogens is 2. The van der Waals surface area contributed by atoms with Crippen molar-refractivity contribution in [2.45, 2.75) is 59.0 Å².